The monoisotopic (exact) mass is 483 g/mol. The van der Waals surface area contributed by atoms with Gasteiger partial charge in [0.25, 0.3) is 5.91 Å². The van der Waals surface area contributed by atoms with Crippen LogP contribution in [0.2, 0.25) is 0 Å². The first-order valence-electron chi connectivity index (χ1n) is 12.7. The fraction of sp³-hybridized carbons (Fsp3) is 0.345. The van der Waals surface area contributed by atoms with Crippen LogP contribution in [-0.2, 0) is 0 Å². The number of benzene rings is 2. The van der Waals surface area contributed by atoms with Crippen LogP contribution in [0, 0.1) is 5.92 Å². The Bertz CT molecular complexity index is 1370. The van der Waals surface area contributed by atoms with E-state index < -0.39 is 0 Å². The highest BCUT2D eigenvalue weighted by molar-refractivity contribution is 5.95. The lowest BCUT2D eigenvalue weighted by Gasteiger charge is -2.14. The van der Waals surface area contributed by atoms with Crippen molar-refractivity contribution in [3.8, 4) is 28.3 Å². The van der Waals surface area contributed by atoms with E-state index in [1.807, 2.05) is 74.8 Å². The maximum Gasteiger partial charge on any atom is 0.251 e. The molecule has 7 heteroatoms. The van der Waals surface area contributed by atoms with Gasteiger partial charge in [-0.15, -0.1) is 0 Å². The predicted octanol–water partition coefficient (Wildman–Crippen LogP) is 5.81. The Morgan fingerprint density at radius 1 is 1.08 bits per heavy atom. The zero-order chi connectivity index (χ0) is 25.2. The summed E-state index contributed by atoms with van der Waals surface area (Å²) < 4.78 is 7.98. The SMILES string of the molecule is CC(C)CNc1nc(-c2cccc(OC(C)C)c2)cn2c(-c3ccc(C(=O)NC4CC4)cc3)cnc12. The summed E-state index contributed by atoms with van der Waals surface area (Å²) >= 11 is 0. The maximum absolute atomic E-state index is 12.4. The Morgan fingerprint density at radius 3 is 2.56 bits per heavy atom. The number of carbonyl (C=O) groups excluding carboxylic acids is 1. The molecule has 5 rings (SSSR count). The second kappa shape index (κ2) is 10.0. The third-order valence-corrected chi connectivity index (χ3v) is 6.03. The molecule has 2 heterocycles. The molecule has 186 valence electrons. The number of carbonyl (C=O) groups is 1. The molecule has 1 saturated carbocycles. The van der Waals surface area contributed by atoms with Gasteiger partial charge in [0.1, 0.15) is 5.75 Å². The molecule has 7 nitrogen and oxygen atoms in total. The highest BCUT2D eigenvalue weighted by Crippen LogP contribution is 2.30. The van der Waals surface area contributed by atoms with Crippen LogP contribution >= 0.6 is 0 Å². The third-order valence-electron chi connectivity index (χ3n) is 6.03. The predicted molar refractivity (Wildman–Crippen MR) is 143 cm³/mol. The Hall–Kier alpha value is -3.87. The summed E-state index contributed by atoms with van der Waals surface area (Å²) in [6.45, 7) is 9.15. The average Bonchev–Trinajstić information content (AvgIpc) is 3.57. The number of anilines is 1. The number of imidazole rings is 1. The molecule has 1 aliphatic rings. The minimum absolute atomic E-state index is 0.0163. The van der Waals surface area contributed by atoms with Crippen molar-refractivity contribution >= 4 is 17.4 Å². The molecule has 1 fully saturated rings. The van der Waals surface area contributed by atoms with Crippen LogP contribution in [0.15, 0.2) is 60.9 Å². The first kappa shape index (κ1) is 23.9. The Labute approximate surface area is 211 Å². The second-order valence-electron chi connectivity index (χ2n) is 10.1. The van der Waals surface area contributed by atoms with E-state index in [9.17, 15) is 4.79 Å². The number of rotatable bonds is 9. The summed E-state index contributed by atoms with van der Waals surface area (Å²) in [5.41, 5.74) is 5.14. The molecule has 2 N–H and O–H groups in total. The molecule has 0 spiro atoms. The van der Waals surface area contributed by atoms with E-state index in [2.05, 4.69) is 28.9 Å². The van der Waals surface area contributed by atoms with Crippen molar-refractivity contribution in [2.75, 3.05) is 11.9 Å². The highest BCUT2D eigenvalue weighted by atomic mass is 16.5. The molecule has 2 aromatic heterocycles. The maximum atomic E-state index is 12.4. The van der Waals surface area contributed by atoms with Gasteiger partial charge < -0.3 is 15.4 Å². The van der Waals surface area contributed by atoms with Crippen molar-refractivity contribution in [2.24, 2.45) is 5.92 Å². The van der Waals surface area contributed by atoms with E-state index in [1.54, 1.807) is 0 Å². The number of nitrogens with one attached hydrogen (secondary N) is 2. The lowest BCUT2D eigenvalue weighted by atomic mass is 10.1. The van der Waals surface area contributed by atoms with Crippen molar-refractivity contribution in [1.29, 1.82) is 0 Å². The van der Waals surface area contributed by atoms with Crippen LogP contribution in [0.4, 0.5) is 5.82 Å². The second-order valence-corrected chi connectivity index (χ2v) is 10.1. The van der Waals surface area contributed by atoms with Gasteiger partial charge in [0, 0.05) is 35.5 Å². The number of fused-ring (bicyclic) bond motifs is 1. The number of hydrogen-bond acceptors (Lipinski definition) is 5. The molecule has 0 bridgehead atoms. The Morgan fingerprint density at radius 2 is 1.86 bits per heavy atom. The average molecular weight is 484 g/mol. The quantitative estimate of drug-likeness (QED) is 0.314. The van der Waals surface area contributed by atoms with Gasteiger partial charge in [-0.3, -0.25) is 9.20 Å². The first-order chi connectivity index (χ1) is 17.4. The van der Waals surface area contributed by atoms with Crippen LogP contribution in [-0.4, -0.2) is 39.0 Å². The Balaban J connectivity index is 1.54. The minimum Gasteiger partial charge on any atom is -0.491 e. The van der Waals surface area contributed by atoms with E-state index in [1.165, 1.54) is 0 Å². The summed E-state index contributed by atoms with van der Waals surface area (Å²) in [7, 11) is 0. The van der Waals surface area contributed by atoms with E-state index >= 15 is 0 Å². The smallest absolute Gasteiger partial charge is 0.251 e. The molecule has 2 aromatic carbocycles. The molecule has 4 aromatic rings. The van der Waals surface area contributed by atoms with Gasteiger partial charge in [-0.1, -0.05) is 38.1 Å². The van der Waals surface area contributed by atoms with Gasteiger partial charge in [0.05, 0.1) is 23.7 Å². The van der Waals surface area contributed by atoms with E-state index in [-0.39, 0.29) is 12.0 Å². The minimum atomic E-state index is -0.0163. The van der Waals surface area contributed by atoms with Gasteiger partial charge >= 0.3 is 0 Å². The van der Waals surface area contributed by atoms with E-state index in [4.69, 9.17) is 14.7 Å². The van der Waals surface area contributed by atoms with Crippen molar-refractivity contribution in [3.05, 3.63) is 66.5 Å². The van der Waals surface area contributed by atoms with E-state index in [0.29, 0.717) is 17.5 Å². The fourth-order valence-corrected chi connectivity index (χ4v) is 4.05. The highest BCUT2D eigenvalue weighted by Gasteiger charge is 2.24. The molecular formula is C29H33N5O2. The van der Waals surface area contributed by atoms with Gasteiger partial charge in [-0.05, 0) is 56.9 Å². The van der Waals surface area contributed by atoms with Crippen LogP contribution in [0.1, 0.15) is 50.9 Å². The number of hydrogen-bond donors (Lipinski definition) is 2. The van der Waals surface area contributed by atoms with Crippen molar-refractivity contribution in [1.82, 2.24) is 19.7 Å². The summed E-state index contributed by atoms with van der Waals surface area (Å²) in [5, 5.41) is 6.52. The first-order valence-corrected chi connectivity index (χ1v) is 12.7. The third kappa shape index (κ3) is 5.35. The summed E-state index contributed by atoms with van der Waals surface area (Å²) in [6.07, 6.45) is 6.11. The number of nitrogens with zero attached hydrogens (tertiary/aromatic N) is 3. The molecule has 0 radical (unpaired) electrons. The van der Waals surface area contributed by atoms with Crippen LogP contribution in [0.5, 0.6) is 5.75 Å². The van der Waals surface area contributed by atoms with Crippen LogP contribution in [0.25, 0.3) is 28.2 Å². The Kier molecular flexibility index (Phi) is 6.63. The van der Waals surface area contributed by atoms with Crippen LogP contribution < -0.4 is 15.4 Å². The van der Waals surface area contributed by atoms with Crippen LogP contribution in [0.3, 0.4) is 0 Å². The molecule has 0 atom stereocenters. The summed E-state index contributed by atoms with van der Waals surface area (Å²) in [4.78, 5) is 22.1. The van der Waals surface area contributed by atoms with E-state index in [0.717, 1.165) is 59.1 Å². The number of amides is 1. The van der Waals surface area contributed by atoms with Gasteiger partial charge in [-0.2, -0.15) is 0 Å². The van der Waals surface area contributed by atoms with Gasteiger partial charge in [-0.25, -0.2) is 9.97 Å². The molecular weight excluding hydrogens is 450 g/mol. The molecule has 1 amide bonds. The van der Waals surface area contributed by atoms with Crippen molar-refractivity contribution in [2.45, 2.75) is 52.7 Å². The van der Waals surface area contributed by atoms with Crippen molar-refractivity contribution < 1.29 is 9.53 Å². The zero-order valence-electron chi connectivity index (χ0n) is 21.3. The standard InChI is InChI=1S/C29H33N5O2/c1-18(2)15-30-27-28-31-16-26(20-8-10-21(11-9-20)29(35)32-23-12-13-23)34(28)17-25(33-27)22-6-5-7-24(14-22)36-19(3)4/h5-11,14,16-19,23H,12-13,15H2,1-4H3,(H,30,33)(H,32,35). The fourth-order valence-electron chi connectivity index (χ4n) is 4.05. The lowest BCUT2D eigenvalue weighted by molar-refractivity contribution is 0.0951. The largest absolute Gasteiger partial charge is 0.491 e. The topological polar surface area (TPSA) is 80.5 Å². The van der Waals surface area contributed by atoms with Gasteiger partial charge in [0.15, 0.2) is 11.5 Å². The molecule has 0 saturated heterocycles. The lowest BCUT2D eigenvalue weighted by Crippen LogP contribution is -2.25. The normalized spacial score (nSPS) is 13.4. The summed E-state index contributed by atoms with van der Waals surface area (Å²) in [6, 6.07) is 16.0. The molecule has 0 aliphatic heterocycles. The number of ether oxygens (including phenoxy) is 1. The molecule has 0 unspecified atom stereocenters. The van der Waals surface area contributed by atoms with Gasteiger partial charge in [0.2, 0.25) is 0 Å². The van der Waals surface area contributed by atoms with Crippen molar-refractivity contribution in [3.63, 3.8) is 0 Å². The molecule has 36 heavy (non-hydrogen) atoms. The number of aromatic nitrogens is 3. The molecule has 1 aliphatic carbocycles. The zero-order valence-corrected chi connectivity index (χ0v) is 21.3. The summed E-state index contributed by atoms with van der Waals surface area (Å²) in [5.74, 6) is 1.99.